The zero-order valence-electron chi connectivity index (χ0n) is 12.6. The lowest BCUT2D eigenvalue weighted by molar-refractivity contribution is -0.121. The summed E-state index contributed by atoms with van der Waals surface area (Å²) in [7, 11) is 0. The lowest BCUT2D eigenvalue weighted by atomic mass is 10.0. The van der Waals surface area contributed by atoms with Gasteiger partial charge in [0.1, 0.15) is 5.01 Å². The van der Waals surface area contributed by atoms with Gasteiger partial charge in [-0.05, 0) is 37.1 Å². The fourth-order valence-electron chi connectivity index (χ4n) is 2.57. The number of carbonyl (C=O) groups excluding carboxylic acids is 1. The van der Waals surface area contributed by atoms with Crippen molar-refractivity contribution >= 4 is 28.6 Å². The molecular formula is C16H21N3OS2. The van der Waals surface area contributed by atoms with Crippen LogP contribution in [0.1, 0.15) is 39.7 Å². The first kappa shape index (κ1) is 15.6. The van der Waals surface area contributed by atoms with Gasteiger partial charge in [-0.15, -0.1) is 22.7 Å². The standard InChI is InChI=1S/C16H21N3OS2/c20-15(18-10-12-4-3-9-21-12)7-8-17-11-16-19-13-5-1-2-6-14(13)22-16/h3-4,9,17H,1-2,5-8,10-11H2,(H,18,20). The van der Waals surface area contributed by atoms with E-state index in [1.807, 2.05) is 28.8 Å². The van der Waals surface area contributed by atoms with Crippen LogP contribution in [-0.2, 0) is 30.7 Å². The van der Waals surface area contributed by atoms with Gasteiger partial charge < -0.3 is 10.6 Å². The Balaban J connectivity index is 1.33. The molecule has 2 heterocycles. The fraction of sp³-hybridized carbons (Fsp3) is 0.500. The Labute approximate surface area is 139 Å². The molecule has 0 bridgehead atoms. The van der Waals surface area contributed by atoms with E-state index in [0.29, 0.717) is 19.5 Å². The van der Waals surface area contributed by atoms with Gasteiger partial charge in [-0.2, -0.15) is 0 Å². The van der Waals surface area contributed by atoms with Crippen LogP contribution < -0.4 is 10.6 Å². The summed E-state index contributed by atoms with van der Waals surface area (Å²) in [5, 5.41) is 9.45. The summed E-state index contributed by atoms with van der Waals surface area (Å²) < 4.78 is 0. The topological polar surface area (TPSA) is 54.0 Å². The molecule has 0 aliphatic heterocycles. The lowest BCUT2D eigenvalue weighted by Crippen LogP contribution is -2.26. The summed E-state index contributed by atoms with van der Waals surface area (Å²) >= 11 is 3.50. The Morgan fingerprint density at radius 1 is 1.27 bits per heavy atom. The maximum absolute atomic E-state index is 11.7. The van der Waals surface area contributed by atoms with E-state index < -0.39 is 0 Å². The molecule has 6 heteroatoms. The number of rotatable bonds is 7. The van der Waals surface area contributed by atoms with E-state index in [1.165, 1.54) is 34.7 Å². The molecule has 1 amide bonds. The van der Waals surface area contributed by atoms with Gasteiger partial charge >= 0.3 is 0 Å². The summed E-state index contributed by atoms with van der Waals surface area (Å²) in [5.41, 5.74) is 1.31. The van der Waals surface area contributed by atoms with Crippen LogP contribution in [0.2, 0.25) is 0 Å². The zero-order chi connectivity index (χ0) is 15.2. The summed E-state index contributed by atoms with van der Waals surface area (Å²) in [6, 6.07) is 4.04. The molecule has 2 N–H and O–H groups in total. The highest BCUT2D eigenvalue weighted by Crippen LogP contribution is 2.26. The highest BCUT2D eigenvalue weighted by Gasteiger charge is 2.14. The van der Waals surface area contributed by atoms with Gasteiger partial charge in [-0.3, -0.25) is 4.79 Å². The van der Waals surface area contributed by atoms with Crippen molar-refractivity contribution < 1.29 is 4.79 Å². The summed E-state index contributed by atoms with van der Waals surface area (Å²) in [5.74, 6) is 0.0966. The predicted octanol–water partition coefficient (Wildman–Crippen LogP) is 2.88. The van der Waals surface area contributed by atoms with Crippen molar-refractivity contribution in [3.8, 4) is 0 Å². The first-order valence-electron chi connectivity index (χ1n) is 7.78. The van der Waals surface area contributed by atoms with Crippen LogP contribution in [0.15, 0.2) is 17.5 Å². The molecule has 2 aromatic rings. The Hall–Kier alpha value is -1.24. The monoisotopic (exact) mass is 335 g/mol. The minimum Gasteiger partial charge on any atom is -0.351 e. The Bertz CT molecular complexity index is 583. The van der Waals surface area contributed by atoms with Crippen LogP contribution in [0.4, 0.5) is 0 Å². The second-order valence-corrected chi connectivity index (χ2v) is 7.67. The maximum Gasteiger partial charge on any atom is 0.221 e. The third kappa shape index (κ3) is 4.38. The number of aromatic nitrogens is 1. The molecule has 1 aliphatic rings. The SMILES string of the molecule is O=C(CCNCc1nc2c(s1)CCCC2)NCc1cccs1. The average molecular weight is 335 g/mol. The maximum atomic E-state index is 11.7. The van der Waals surface area contributed by atoms with Gasteiger partial charge in [0.25, 0.3) is 0 Å². The molecule has 22 heavy (non-hydrogen) atoms. The number of hydrogen-bond acceptors (Lipinski definition) is 5. The lowest BCUT2D eigenvalue weighted by Gasteiger charge is -2.06. The van der Waals surface area contributed by atoms with Crippen molar-refractivity contribution in [2.75, 3.05) is 6.54 Å². The van der Waals surface area contributed by atoms with Crippen LogP contribution in [-0.4, -0.2) is 17.4 Å². The second-order valence-electron chi connectivity index (χ2n) is 5.47. The van der Waals surface area contributed by atoms with Crippen molar-refractivity contribution in [3.05, 3.63) is 38.0 Å². The molecule has 0 unspecified atom stereocenters. The fourth-order valence-corrected chi connectivity index (χ4v) is 4.34. The van der Waals surface area contributed by atoms with E-state index in [1.54, 1.807) is 11.3 Å². The van der Waals surface area contributed by atoms with Crippen LogP contribution in [0.3, 0.4) is 0 Å². The number of thiophene rings is 1. The van der Waals surface area contributed by atoms with Gasteiger partial charge in [0.15, 0.2) is 0 Å². The van der Waals surface area contributed by atoms with Gasteiger partial charge in [0.05, 0.1) is 12.2 Å². The van der Waals surface area contributed by atoms with Gasteiger partial charge in [-0.1, -0.05) is 6.07 Å². The van der Waals surface area contributed by atoms with E-state index in [2.05, 4.69) is 10.6 Å². The molecule has 0 radical (unpaired) electrons. The summed E-state index contributed by atoms with van der Waals surface area (Å²) in [6.45, 7) is 2.10. The van der Waals surface area contributed by atoms with Crippen molar-refractivity contribution in [3.63, 3.8) is 0 Å². The van der Waals surface area contributed by atoms with Crippen LogP contribution in [0, 0.1) is 0 Å². The summed E-state index contributed by atoms with van der Waals surface area (Å²) in [4.78, 5) is 19.1. The first-order chi connectivity index (χ1) is 10.8. The van der Waals surface area contributed by atoms with E-state index >= 15 is 0 Å². The smallest absolute Gasteiger partial charge is 0.221 e. The van der Waals surface area contributed by atoms with Crippen molar-refractivity contribution in [1.29, 1.82) is 0 Å². The molecule has 0 saturated carbocycles. The number of aryl methyl sites for hydroxylation is 2. The minimum absolute atomic E-state index is 0.0966. The van der Waals surface area contributed by atoms with Crippen molar-refractivity contribution in [2.45, 2.75) is 45.2 Å². The predicted molar refractivity (Wildman–Crippen MR) is 91.2 cm³/mol. The molecule has 0 atom stereocenters. The number of fused-ring (bicyclic) bond motifs is 1. The Morgan fingerprint density at radius 3 is 3.00 bits per heavy atom. The van der Waals surface area contributed by atoms with Crippen LogP contribution in [0.5, 0.6) is 0 Å². The van der Waals surface area contributed by atoms with E-state index in [9.17, 15) is 4.79 Å². The molecule has 0 fully saturated rings. The van der Waals surface area contributed by atoms with E-state index in [-0.39, 0.29) is 5.91 Å². The van der Waals surface area contributed by atoms with Crippen LogP contribution in [0.25, 0.3) is 0 Å². The molecule has 2 aromatic heterocycles. The summed E-state index contributed by atoms with van der Waals surface area (Å²) in [6.07, 6.45) is 5.41. The molecule has 3 rings (SSSR count). The number of nitrogens with zero attached hydrogens (tertiary/aromatic N) is 1. The highest BCUT2D eigenvalue weighted by atomic mass is 32.1. The number of hydrogen-bond donors (Lipinski definition) is 2. The quantitative estimate of drug-likeness (QED) is 0.765. The van der Waals surface area contributed by atoms with Gasteiger partial charge in [0.2, 0.25) is 5.91 Å². The molecule has 0 spiro atoms. The number of nitrogens with one attached hydrogen (secondary N) is 2. The zero-order valence-corrected chi connectivity index (χ0v) is 14.2. The third-order valence-electron chi connectivity index (χ3n) is 3.73. The van der Waals surface area contributed by atoms with Gasteiger partial charge in [-0.25, -0.2) is 4.98 Å². The van der Waals surface area contributed by atoms with E-state index in [4.69, 9.17) is 4.98 Å². The molecule has 118 valence electrons. The largest absolute Gasteiger partial charge is 0.351 e. The normalized spacial score (nSPS) is 13.8. The minimum atomic E-state index is 0.0966. The first-order valence-corrected chi connectivity index (χ1v) is 9.48. The van der Waals surface area contributed by atoms with Crippen molar-refractivity contribution in [1.82, 2.24) is 15.6 Å². The highest BCUT2D eigenvalue weighted by molar-refractivity contribution is 7.11. The van der Waals surface area contributed by atoms with Gasteiger partial charge in [0, 0.05) is 29.3 Å². The van der Waals surface area contributed by atoms with E-state index in [0.717, 1.165) is 18.0 Å². The molecule has 0 saturated heterocycles. The molecular weight excluding hydrogens is 314 g/mol. The molecule has 0 aromatic carbocycles. The Morgan fingerprint density at radius 2 is 2.18 bits per heavy atom. The number of carbonyl (C=O) groups is 1. The molecule has 4 nitrogen and oxygen atoms in total. The van der Waals surface area contributed by atoms with Crippen molar-refractivity contribution in [2.24, 2.45) is 0 Å². The molecule has 1 aliphatic carbocycles. The Kier molecular flexibility index (Phi) is 5.58. The number of thiazole rings is 1. The third-order valence-corrected chi connectivity index (χ3v) is 5.77. The second kappa shape index (κ2) is 7.85. The van der Waals surface area contributed by atoms with Crippen LogP contribution >= 0.6 is 22.7 Å². The average Bonchev–Trinajstić information content (AvgIpc) is 3.18. The number of amides is 1.